The molecule has 8 atom stereocenters. The Kier molecular flexibility index (Phi) is 51.1. The predicted octanol–water partition coefficient (Wildman–Crippen LogP) is 23.6. The van der Waals surface area contributed by atoms with Crippen LogP contribution in [0.1, 0.15) is 350 Å². The summed E-state index contributed by atoms with van der Waals surface area (Å²) in [5, 5.41) is 26.7. The number of benzene rings is 3. The highest BCUT2D eigenvalue weighted by atomic mass is 32.2. The number of ether oxygens (including phenoxy) is 8. The van der Waals surface area contributed by atoms with Crippen LogP contribution in [-0.4, -0.2) is 137 Å². The number of aliphatic hydroxyl groups is 1. The lowest BCUT2D eigenvalue weighted by atomic mass is 9.52. The van der Waals surface area contributed by atoms with Gasteiger partial charge in [0.1, 0.15) is 59.6 Å². The van der Waals surface area contributed by atoms with Crippen molar-refractivity contribution in [3.8, 4) is 17.6 Å². The van der Waals surface area contributed by atoms with Gasteiger partial charge in [-0.15, -0.1) is 0 Å². The molecule has 8 unspecified atom stereocenters. The van der Waals surface area contributed by atoms with Gasteiger partial charge >= 0.3 is 47.0 Å². The van der Waals surface area contributed by atoms with Crippen molar-refractivity contribution in [2.75, 3.05) is 37.9 Å². The Labute approximate surface area is 740 Å². The molecule has 706 valence electrons. The predicted molar refractivity (Wildman–Crippen MR) is 489 cm³/mol. The van der Waals surface area contributed by atoms with E-state index in [0.29, 0.717) is 66.5 Å². The van der Waals surface area contributed by atoms with Crippen molar-refractivity contribution in [2.45, 2.75) is 384 Å². The molecule has 2 aliphatic heterocycles. The van der Waals surface area contributed by atoms with Gasteiger partial charge < -0.3 is 52.7 Å². The van der Waals surface area contributed by atoms with Gasteiger partial charge in [0.2, 0.25) is 0 Å². The first-order valence-electron chi connectivity index (χ1n) is 40.9. The van der Waals surface area contributed by atoms with E-state index in [2.05, 4.69) is 72.7 Å². The lowest BCUT2D eigenvalue weighted by molar-refractivity contribution is -0.225. The molecule has 3 aromatic rings. The van der Waals surface area contributed by atoms with E-state index in [-0.39, 0.29) is 115 Å². The summed E-state index contributed by atoms with van der Waals surface area (Å²) in [5.74, 6) is 1.54. The molecule has 2 N–H and O–H groups in total. The van der Waals surface area contributed by atoms with Crippen LogP contribution < -0.4 is 4.74 Å². The van der Waals surface area contributed by atoms with Crippen molar-refractivity contribution in [2.24, 2.45) is 56.7 Å². The molecule has 10 fully saturated rings. The number of rotatable bonds is 25. The minimum Gasteiger partial charge on any atom is -0.743 e. The number of aromatic hydroxyl groups is 1. The van der Waals surface area contributed by atoms with Crippen molar-refractivity contribution in [3.05, 3.63) is 66.2 Å². The Balaban J connectivity index is -0.000000683. The van der Waals surface area contributed by atoms with E-state index in [1.54, 1.807) is 45.6 Å². The first-order chi connectivity index (χ1) is 52.5. The average molecular weight is 1770 g/mol. The summed E-state index contributed by atoms with van der Waals surface area (Å²) in [6, 6.07) is 23.0. The van der Waals surface area contributed by atoms with Crippen LogP contribution in [0.4, 0.5) is 8.78 Å². The zero-order valence-electron chi connectivity index (χ0n) is 69.1. The third-order valence-electron chi connectivity index (χ3n) is 25.4. The van der Waals surface area contributed by atoms with E-state index in [1.165, 1.54) is 92.0 Å². The molecular formula is C97H167F2NO20S2. The van der Waals surface area contributed by atoms with Crippen molar-refractivity contribution < 1.29 is 103 Å². The number of nitrogens with zero attached hydrogens (tertiary/aromatic N) is 1. The van der Waals surface area contributed by atoms with E-state index in [9.17, 15) is 65.7 Å². The number of phenols is 1. The molecule has 0 spiro atoms. The third kappa shape index (κ3) is 30.6. The topological polar surface area (TPSA) is 315 Å². The number of hydrogen-bond acceptors (Lipinski definition) is 21. The summed E-state index contributed by atoms with van der Waals surface area (Å²) < 4.78 is 98.0. The summed E-state index contributed by atoms with van der Waals surface area (Å²) in [7, 11) is -5.69. The maximum absolute atomic E-state index is 12.7. The van der Waals surface area contributed by atoms with Crippen LogP contribution in [0.15, 0.2) is 65.6 Å². The van der Waals surface area contributed by atoms with Gasteiger partial charge in [-0.3, -0.25) is 24.0 Å². The van der Waals surface area contributed by atoms with Gasteiger partial charge in [0.15, 0.2) is 27.0 Å². The number of phenolic OH excluding ortho intramolecular Hbond substituents is 1. The number of hydrogen-bond donors (Lipinski definition) is 2. The van der Waals surface area contributed by atoms with Crippen LogP contribution in [0.25, 0.3) is 10.8 Å². The van der Waals surface area contributed by atoms with Gasteiger partial charge in [0, 0.05) is 39.9 Å². The van der Waals surface area contributed by atoms with Gasteiger partial charge in [-0.25, -0.2) is 18.0 Å². The molecule has 13 rings (SSSR count). The normalized spacial score (nSPS) is 23.6. The summed E-state index contributed by atoms with van der Waals surface area (Å²) in [5.41, 5.74) is -3.07. The summed E-state index contributed by atoms with van der Waals surface area (Å²) in [4.78, 5) is 84.0. The van der Waals surface area contributed by atoms with Gasteiger partial charge in [-0.1, -0.05) is 172 Å². The molecule has 2 saturated heterocycles. The molecule has 25 heteroatoms. The Morgan fingerprint density at radius 2 is 1.13 bits per heavy atom. The standard InChI is InChI=1S/C21H27OS.C17H21NO6.C16H26O3.C13H24O2.C10H16F2O7S.C10H14O.10CH4/c1-2-8-17(9-3-1)16-22-20-12-13-21(23-14-6-7-15-23)19-11-5-4-10-18(19)20;1-4-16(2,3)14(20)22-7-11(19)23-12-9-5-10-13(12)24-15(21)17(10,6-9)8-18;1-4-14(2,3)13(17)19-16-8-11-5-12(9-16)7-15(18,6-11)10-16;1-5-12(3,4)11(14)15-13(6-2)9-7-8-10-13;1-4-9(2,3)7(13)18-5-6-19-8(14)10(11,12)20(15,16)17;1-3-8(2)9-5-4-6-10(11)7-9;;;;;;;;;;/h4-5,10-13,17H,1-3,6-9,14-16H2;9-10,12-13H,4-7H2,1-3H3;11-12,18H,4-10H2,1-3H3;5-10H2,1-4H3;4-6H2,1-3H3,(H,15,16,17);4-8,11H,3H2,1-2H3;10*1H4/q+1;;;;;;;;;;;;;;;/p-1. The fraction of sp³-hybridized carbons (Fsp3) is 0.753. The molecule has 8 saturated carbocycles. The molecule has 3 aromatic carbocycles. The Morgan fingerprint density at radius 3 is 1.61 bits per heavy atom. The van der Waals surface area contributed by atoms with E-state index < -0.39 is 105 Å². The smallest absolute Gasteiger partial charge is 0.428 e. The molecule has 0 radical (unpaired) electrons. The van der Waals surface area contributed by atoms with E-state index >= 15 is 0 Å². The Bertz CT molecular complexity index is 3860. The maximum atomic E-state index is 12.7. The third-order valence-corrected chi connectivity index (χ3v) is 28.7. The van der Waals surface area contributed by atoms with E-state index in [0.717, 1.165) is 82.5 Å². The van der Waals surface area contributed by atoms with Crippen LogP contribution in [0, 0.1) is 68.0 Å². The Hall–Kier alpha value is -6.62. The maximum Gasteiger partial charge on any atom is 0.428 e. The number of carbonyl (C=O) groups is 7. The molecule has 6 bridgehead atoms. The number of nitriles is 1. The van der Waals surface area contributed by atoms with Crippen molar-refractivity contribution in [1.29, 1.82) is 5.26 Å². The zero-order chi connectivity index (χ0) is 83.1. The SMILES string of the molecule is C.C.C.C.C.C.C.C.C.C.CCC(C)(C)C(=O)OC12CC3CC(CC(O)(C3)C1)C2.CCC(C)(C)C(=O)OCC(=O)OC1C2CC3C1OC(=O)C3(C#N)C2.CCC(C)(C)C(=O)OCCOC(=O)C(F)(F)S(=O)(=O)[O-].CCC(C)c1cccc(O)c1.CCC1(OC(=O)C(C)(C)CC)CCCC1.c1ccc2c([S+]3CCCC3)ccc(OCC3CCCCC3)c2c1. The number of alkyl halides is 2. The summed E-state index contributed by atoms with van der Waals surface area (Å²) >= 11 is 0. The van der Waals surface area contributed by atoms with Gasteiger partial charge in [-0.2, -0.15) is 14.0 Å². The highest BCUT2D eigenvalue weighted by molar-refractivity contribution is 7.97. The fourth-order valence-corrected chi connectivity index (χ4v) is 19.4. The molecule has 10 aliphatic rings. The quantitative estimate of drug-likeness (QED) is 0.0262. The van der Waals surface area contributed by atoms with Crippen LogP contribution in [0.2, 0.25) is 0 Å². The van der Waals surface area contributed by atoms with Crippen LogP contribution in [-0.2, 0) is 87.7 Å². The van der Waals surface area contributed by atoms with E-state index in [1.807, 2.05) is 66.7 Å². The monoisotopic (exact) mass is 1770 g/mol. The second-order valence-corrected chi connectivity index (χ2v) is 39.0. The first kappa shape index (κ1) is 122. The van der Waals surface area contributed by atoms with Crippen LogP contribution >= 0.6 is 0 Å². The van der Waals surface area contributed by atoms with Crippen molar-refractivity contribution in [3.63, 3.8) is 0 Å². The molecule has 0 aromatic heterocycles. The number of fused-ring (bicyclic) bond motifs is 2. The highest BCUT2D eigenvalue weighted by Crippen LogP contribution is 2.63. The zero-order valence-corrected chi connectivity index (χ0v) is 70.7. The highest BCUT2D eigenvalue weighted by Gasteiger charge is 2.72. The number of halogens is 2. The number of esters is 7. The van der Waals surface area contributed by atoms with Gasteiger partial charge in [0.05, 0.1) is 39.9 Å². The van der Waals surface area contributed by atoms with Crippen LogP contribution in [0.3, 0.4) is 0 Å². The van der Waals surface area contributed by atoms with Gasteiger partial charge in [0.25, 0.3) is 0 Å². The molecule has 0 amide bonds. The summed E-state index contributed by atoms with van der Waals surface area (Å²) in [6.07, 6.45) is 24.5. The minimum atomic E-state index is -6.15. The lowest BCUT2D eigenvalue weighted by Crippen LogP contribution is -2.61. The van der Waals surface area contributed by atoms with E-state index in [4.69, 9.17) is 33.5 Å². The van der Waals surface area contributed by atoms with Crippen molar-refractivity contribution in [1.82, 2.24) is 0 Å². The fourth-order valence-electron chi connectivity index (χ4n) is 16.6. The average Bonchev–Trinajstić information content (AvgIpc) is 1.62. The minimum absolute atomic E-state index is 0. The largest absolute Gasteiger partial charge is 0.743 e. The first-order valence-corrected chi connectivity index (χ1v) is 43.9. The Morgan fingerprint density at radius 1 is 0.631 bits per heavy atom. The molecule has 21 nitrogen and oxygen atoms in total. The summed E-state index contributed by atoms with van der Waals surface area (Å²) in [6.45, 7) is 27.7. The molecule has 8 aliphatic carbocycles. The number of carbonyl (C=O) groups excluding carboxylic acids is 7. The van der Waals surface area contributed by atoms with Gasteiger partial charge in [-0.05, 0) is 250 Å². The second-order valence-electron chi connectivity index (χ2n) is 35.3. The van der Waals surface area contributed by atoms with Crippen molar-refractivity contribution >= 4 is 73.6 Å². The second kappa shape index (κ2) is 51.3. The lowest BCUT2D eigenvalue weighted by Gasteiger charge is -2.59. The van der Waals surface area contributed by atoms with Crippen LogP contribution in [0.5, 0.6) is 11.5 Å². The molecular weight excluding hydrogens is 1600 g/mol. The molecule has 122 heavy (non-hydrogen) atoms. The molecule has 2 heterocycles.